The molecule has 23 heavy (non-hydrogen) atoms. The third-order valence-corrected chi connectivity index (χ3v) is 4.26. The highest BCUT2D eigenvalue weighted by Gasteiger charge is 2.42. The van der Waals surface area contributed by atoms with Gasteiger partial charge in [-0.15, -0.1) is 0 Å². The Kier molecular flexibility index (Phi) is 7.26. The van der Waals surface area contributed by atoms with Crippen LogP contribution in [0.4, 0.5) is 0 Å². The van der Waals surface area contributed by atoms with Gasteiger partial charge in [0.15, 0.2) is 5.60 Å². The van der Waals surface area contributed by atoms with Gasteiger partial charge in [-0.1, -0.05) is 50.3 Å². The Bertz CT molecular complexity index is 544. The van der Waals surface area contributed by atoms with E-state index in [9.17, 15) is 9.90 Å². The summed E-state index contributed by atoms with van der Waals surface area (Å²) in [4.78, 5) is 14.7. The third-order valence-electron chi connectivity index (χ3n) is 4.26. The molecule has 128 valence electrons. The first-order chi connectivity index (χ1) is 10.4. The lowest BCUT2D eigenvalue weighted by Crippen LogP contribution is -3.00. The van der Waals surface area contributed by atoms with Crippen LogP contribution in [0.1, 0.15) is 25.8 Å². The summed E-state index contributed by atoms with van der Waals surface area (Å²) in [6.07, 6.45) is 2.99. The van der Waals surface area contributed by atoms with Crippen LogP contribution in [0.25, 0.3) is 0 Å². The van der Waals surface area contributed by atoms with Crippen LogP contribution in [0.2, 0.25) is 0 Å². The Labute approximate surface area is 144 Å². The molecule has 1 N–H and O–H groups in total. The molecule has 1 atom stereocenters. The van der Waals surface area contributed by atoms with Crippen molar-refractivity contribution in [3.63, 3.8) is 0 Å². The second kappa shape index (κ2) is 8.48. The maximum absolute atomic E-state index is 12.5. The molecule has 0 spiro atoms. The first kappa shape index (κ1) is 19.7. The Hall–Kier alpha value is -1.36. The molecule has 1 aromatic carbocycles. The number of likely N-dealkylation sites (N-methyl/N-ethyl adjacent to an activating group) is 1. The summed E-state index contributed by atoms with van der Waals surface area (Å²) in [5.41, 5.74) is 0.0887. The highest BCUT2D eigenvalue weighted by Crippen LogP contribution is 2.31. The number of benzene rings is 1. The smallest absolute Gasteiger partial charge is 0.343 e. The average molecular weight is 339 g/mol. The summed E-state index contributed by atoms with van der Waals surface area (Å²) in [5, 5.41) is 10.9. The standard InChI is InChI=1S/C18H25NO3.ClH/c1-14(2)18(21,16-7-5-4-6-8-16)17(20)22-13-15-9-11-19(3)12-10-15;/h4-9,14,21H,10-13H2,1-3H3;1H/p-1. The van der Waals surface area contributed by atoms with Gasteiger partial charge in [0.1, 0.15) is 6.61 Å². The van der Waals surface area contributed by atoms with Crippen LogP contribution >= 0.6 is 0 Å². The SMILES string of the molecule is CC(C)C(O)(C(=O)OCC1=CCN(C)CC1)c1ccccc1.[Cl-]. The molecule has 5 heteroatoms. The van der Waals surface area contributed by atoms with E-state index in [0.717, 1.165) is 25.1 Å². The van der Waals surface area contributed by atoms with E-state index < -0.39 is 11.6 Å². The number of nitrogens with zero attached hydrogens (tertiary/aromatic N) is 1. The van der Waals surface area contributed by atoms with Crippen molar-refractivity contribution in [3.8, 4) is 0 Å². The molecule has 0 radical (unpaired) electrons. The molecule has 0 saturated carbocycles. The minimum Gasteiger partial charge on any atom is -1.00 e. The molecule has 1 unspecified atom stereocenters. The van der Waals surface area contributed by atoms with Crippen LogP contribution in [0, 0.1) is 5.92 Å². The lowest BCUT2D eigenvalue weighted by atomic mass is 9.83. The van der Waals surface area contributed by atoms with E-state index in [-0.39, 0.29) is 24.9 Å². The number of hydrogen-bond acceptors (Lipinski definition) is 4. The Morgan fingerprint density at radius 3 is 2.52 bits per heavy atom. The van der Waals surface area contributed by atoms with E-state index in [0.29, 0.717) is 5.56 Å². The Balaban J connectivity index is 0.00000264. The molecular weight excluding hydrogens is 314 g/mol. The second-order valence-corrected chi connectivity index (χ2v) is 6.24. The van der Waals surface area contributed by atoms with Gasteiger partial charge in [-0.25, -0.2) is 4.79 Å². The van der Waals surface area contributed by atoms with Gasteiger partial charge in [0.25, 0.3) is 0 Å². The van der Waals surface area contributed by atoms with Crippen molar-refractivity contribution >= 4 is 5.97 Å². The quantitative estimate of drug-likeness (QED) is 0.572. The highest BCUT2D eigenvalue weighted by atomic mass is 35.5. The van der Waals surface area contributed by atoms with Crippen molar-refractivity contribution in [2.45, 2.75) is 25.9 Å². The zero-order valence-electron chi connectivity index (χ0n) is 14.0. The summed E-state index contributed by atoms with van der Waals surface area (Å²) in [7, 11) is 2.06. The van der Waals surface area contributed by atoms with Crippen LogP contribution in [-0.2, 0) is 15.1 Å². The number of carbonyl (C=O) groups excluding carboxylic acids is 1. The summed E-state index contributed by atoms with van der Waals surface area (Å²) in [5.74, 6) is -0.845. The molecule has 0 saturated heterocycles. The lowest BCUT2D eigenvalue weighted by molar-refractivity contribution is -0.171. The predicted molar refractivity (Wildman–Crippen MR) is 86.3 cm³/mol. The van der Waals surface area contributed by atoms with Gasteiger partial charge in [0.2, 0.25) is 0 Å². The number of aliphatic hydroxyl groups is 1. The van der Waals surface area contributed by atoms with Crippen molar-refractivity contribution in [1.82, 2.24) is 4.90 Å². The van der Waals surface area contributed by atoms with Crippen molar-refractivity contribution in [3.05, 3.63) is 47.5 Å². The molecule has 0 aliphatic carbocycles. The van der Waals surface area contributed by atoms with Gasteiger partial charge in [0.05, 0.1) is 0 Å². The molecular formula is C18H25ClNO3-. The minimum atomic E-state index is -1.60. The minimum absolute atomic E-state index is 0. The number of rotatable bonds is 5. The molecule has 4 nitrogen and oxygen atoms in total. The van der Waals surface area contributed by atoms with Gasteiger partial charge < -0.3 is 27.2 Å². The molecule has 0 aromatic heterocycles. The topological polar surface area (TPSA) is 49.8 Å². The van der Waals surface area contributed by atoms with Crippen LogP contribution in [0.5, 0.6) is 0 Å². The van der Waals surface area contributed by atoms with Crippen molar-refractivity contribution in [1.29, 1.82) is 0 Å². The van der Waals surface area contributed by atoms with Gasteiger partial charge >= 0.3 is 5.97 Å². The normalized spacial score (nSPS) is 17.9. The number of halogens is 1. The fourth-order valence-electron chi connectivity index (χ4n) is 2.59. The van der Waals surface area contributed by atoms with E-state index in [2.05, 4.69) is 18.0 Å². The lowest BCUT2D eigenvalue weighted by Gasteiger charge is -2.30. The first-order valence-electron chi connectivity index (χ1n) is 7.76. The molecule has 0 amide bonds. The van der Waals surface area contributed by atoms with Crippen molar-refractivity contribution in [2.24, 2.45) is 5.92 Å². The Morgan fingerprint density at radius 1 is 1.35 bits per heavy atom. The number of carbonyl (C=O) groups is 1. The molecule has 1 aliphatic heterocycles. The maximum Gasteiger partial charge on any atom is 0.343 e. The van der Waals surface area contributed by atoms with Gasteiger partial charge in [-0.3, -0.25) is 0 Å². The zero-order chi connectivity index (χ0) is 16.2. The zero-order valence-corrected chi connectivity index (χ0v) is 14.7. The summed E-state index contributed by atoms with van der Waals surface area (Å²) in [6.45, 7) is 5.75. The first-order valence-corrected chi connectivity index (χ1v) is 7.76. The number of hydrogen-bond donors (Lipinski definition) is 1. The maximum atomic E-state index is 12.5. The van der Waals surface area contributed by atoms with E-state index in [1.165, 1.54) is 0 Å². The molecule has 2 rings (SSSR count). The third kappa shape index (κ3) is 4.56. The van der Waals surface area contributed by atoms with Crippen LogP contribution in [0.3, 0.4) is 0 Å². The van der Waals surface area contributed by atoms with Crippen LogP contribution in [-0.4, -0.2) is 42.7 Å². The molecule has 1 aromatic rings. The van der Waals surface area contributed by atoms with Gasteiger partial charge in [0, 0.05) is 13.1 Å². The second-order valence-electron chi connectivity index (χ2n) is 6.24. The van der Waals surface area contributed by atoms with E-state index in [1.807, 2.05) is 32.0 Å². The van der Waals surface area contributed by atoms with E-state index in [1.54, 1.807) is 12.1 Å². The van der Waals surface area contributed by atoms with Gasteiger partial charge in [-0.05, 0) is 30.5 Å². The monoisotopic (exact) mass is 338 g/mol. The van der Waals surface area contributed by atoms with E-state index >= 15 is 0 Å². The molecule has 1 aliphatic rings. The predicted octanol–water partition coefficient (Wildman–Crippen LogP) is -0.661. The number of ether oxygens (including phenoxy) is 1. The van der Waals surface area contributed by atoms with Crippen LogP contribution < -0.4 is 12.4 Å². The fourth-order valence-corrected chi connectivity index (χ4v) is 2.59. The largest absolute Gasteiger partial charge is 1.00 e. The summed E-state index contributed by atoms with van der Waals surface area (Å²) >= 11 is 0. The van der Waals surface area contributed by atoms with Gasteiger partial charge in [-0.2, -0.15) is 0 Å². The molecule has 0 fully saturated rings. The average Bonchev–Trinajstić information content (AvgIpc) is 2.53. The fraction of sp³-hybridized carbons (Fsp3) is 0.500. The van der Waals surface area contributed by atoms with Crippen LogP contribution in [0.15, 0.2) is 42.0 Å². The van der Waals surface area contributed by atoms with Crippen molar-refractivity contribution in [2.75, 3.05) is 26.7 Å². The highest BCUT2D eigenvalue weighted by molar-refractivity contribution is 5.81. The molecule has 1 heterocycles. The van der Waals surface area contributed by atoms with E-state index in [4.69, 9.17) is 4.74 Å². The Morgan fingerprint density at radius 2 is 2.00 bits per heavy atom. The van der Waals surface area contributed by atoms with Crippen molar-refractivity contribution < 1.29 is 27.0 Å². The summed E-state index contributed by atoms with van der Waals surface area (Å²) in [6, 6.07) is 9.01. The summed E-state index contributed by atoms with van der Waals surface area (Å²) < 4.78 is 5.42. The molecule has 0 bridgehead atoms. The number of esters is 1.